The molecule has 3 nitrogen and oxygen atoms in total. The van der Waals surface area contributed by atoms with Crippen LogP contribution in [0.3, 0.4) is 0 Å². The van der Waals surface area contributed by atoms with Gasteiger partial charge in [-0.15, -0.1) is 0 Å². The first-order chi connectivity index (χ1) is 9.71. The third-order valence-corrected chi connectivity index (χ3v) is 3.22. The summed E-state index contributed by atoms with van der Waals surface area (Å²) in [4.78, 5) is 2.33. The molecule has 0 heterocycles. The Balaban J connectivity index is 2.78. The third kappa shape index (κ3) is 5.64. The van der Waals surface area contributed by atoms with E-state index in [2.05, 4.69) is 36.8 Å². The molecule has 110 valence electrons. The number of methoxy groups -OCH3 is 1. The topological polar surface area (TPSA) is 38.5 Å². The molecule has 0 aliphatic carbocycles. The lowest BCUT2D eigenvalue weighted by Crippen LogP contribution is -2.19. The summed E-state index contributed by atoms with van der Waals surface area (Å²) in [6, 6.07) is 6.02. The zero-order valence-electron chi connectivity index (χ0n) is 12.9. The lowest BCUT2D eigenvalue weighted by molar-refractivity contribution is 0.317. The highest BCUT2D eigenvalue weighted by atomic mass is 16.5. The fraction of sp³-hybridized carbons (Fsp3) is 0.529. The van der Waals surface area contributed by atoms with E-state index in [1.54, 1.807) is 7.11 Å². The number of hydrogen-bond acceptors (Lipinski definition) is 3. The average Bonchev–Trinajstić information content (AvgIpc) is 2.46. The van der Waals surface area contributed by atoms with E-state index in [-0.39, 0.29) is 0 Å². The summed E-state index contributed by atoms with van der Waals surface area (Å²) >= 11 is 0. The monoisotopic (exact) mass is 274 g/mol. The second-order valence-electron chi connectivity index (χ2n) is 4.97. The van der Waals surface area contributed by atoms with E-state index in [1.165, 1.54) is 24.8 Å². The van der Waals surface area contributed by atoms with E-state index in [4.69, 9.17) is 10.5 Å². The zero-order valence-corrected chi connectivity index (χ0v) is 12.9. The van der Waals surface area contributed by atoms with E-state index in [0.29, 0.717) is 6.54 Å². The molecular formula is C17H26N2O. The van der Waals surface area contributed by atoms with Crippen LogP contribution in [0.25, 0.3) is 0 Å². The van der Waals surface area contributed by atoms with Gasteiger partial charge < -0.3 is 15.4 Å². The van der Waals surface area contributed by atoms with E-state index < -0.39 is 0 Å². The van der Waals surface area contributed by atoms with Crippen LogP contribution >= 0.6 is 0 Å². The molecule has 3 heteroatoms. The number of ether oxygens (including phenoxy) is 1. The van der Waals surface area contributed by atoms with Gasteiger partial charge in [0, 0.05) is 12.1 Å². The predicted octanol–water partition coefficient (Wildman–Crippen LogP) is 2.63. The van der Waals surface area contributed by atoms with Crippen molar-refractivity contribution in [1.29, 1.82) is 0 Å². The Morgan fingerprint density at radius 1 is 1.30 bits per heavy atom. The molecule has 0 saturated heterocycles. The van der Waals surface area contributed by atoms with Gasteiger partial charge in [-0.3, -0.25) is 0 Å². The summed E-state index contributed by atoms with van der Waals surface area (Å²) in [7, 11) is 3.84. The van der Waals surface area contributed by atoms with E-state index in [1.807, 2.05) is 12.1 Å². The smallest absolute Gasteiger partial charge is 0.119 e. The maximum atomic E-state index is 5.46. The molecule has 0 aliphatic heterocycles. The van der Waals surface area contributed by atoms with Gasteiger partial charge in [0.05, 0.1) is 13.7 Å². The second kappa shape index (κ2) is 9.41. The number of hydrogen-bond donors (Lipinski definition) is 1. The SMILES string of the molecule is CCCCCN(C)Cc1cc(OC)ccc1C#CCN. The van der Waals surface area contributed by atoms with Crippen molar-refractivity contribution in [2.24, 2.45) is 5.73 Å². The molecule has 0 atom stereocenters. The highest BCUT2D eigenvalue weighted by molar-refractivity contribution is 5.45. The summed E-state index contributed by atoms with van der Waals surface area (Å²) in [6.07, 6.45) is 3.77. The molecule has 0 spiro atoms. The molecule has 20 heavy (non-hydrogen) atoms. The molecular weight excluding hydrogens is 248 g/mol. The minimum absolute atomic E-state index is 0.387. The van der Waals surface area contributed by atoms with Crippen molar-refractivity contribution in [3.8, 4) is 17.6 Å². The quantitative estimate of drug-likeness (QED) is 0.613. The highest BCUT2D eigenvalue weighted by Gasteiger charge is 2.06. The zero-order chi connectivity index (χ0) is 14.8. The Morgan fingerprint density at radius 3 is 2.75 bits per heavy atom. The summed E-state index contributed by atoms with van der Waals surface area (Å²) in [5, 5.41) is 0. The Labute approximate surface area is 123 Å². The summed E-state index contributed by atoms with van der Waals surface area (Å²) in [5.74, 6) is 6.94. The number of benzene rings is 1. The molecule has 1 aromatic carbocycles. The summed E-state index contributed by atoms with van der Waals surface area (Å²) < 4.78 is 5.30. The van der Waals surface area contributed by atoms with Crippen molar-refractivity contribution < 1.29 is 4.74 Å². The maximum Gasteiger partial charge on any atom is 0.119 e. The van der Waals surface area contributed by atoms with Crippen LogP contribution in [0.4, 0.5) is 0 Å². The molecule has 0 radical (unpaired) electrons. The molecule has 1 aromatic rings. The van der Waals surface area contributed by atoms with Crippen molar-refractivity contribution in [2.45, 2.75) is 32.7 Å². The normalized spacial score (nSPS) is 10.2. The largest absolute Gasteiger partial charge is 0.497 e. The first kappa shape index (κ1) is 16.6. The molecule has 0 fully saturated rings. The minimum atomic E-state index is 0.387. The van der Waals surface area contributed by atoms with Crippen LogP contribution in [0.15, 0.2) is 18.2 Å². The van der Waals surface area contributed by atoms with E-state index >= 15 is 0 Å². The fourth-order valence-corrected chi connectivity index (χ4v) is 2.10. The van der Waals surface area contributed by atoms with Gasteiger partial charge in [-0.25, -0.2) is 0 Å². The Kier molecular flexibility index (Phi) is 7.79. The molecule has 0 saturated carbocycles. The molecule has 0 unspecified atom stereocenters. The van der Waals surface area contributed by atoms with Crippen LogP contribution in [0, 0.1) is 11.8 Å². The van der Waals surface area contributed by atoms with Crippen LogP contribution in [-0.2, 0) is 6.54 Å². The first-order valence-corrected chi connectivity index (χ1v) is 7.25. The van der Waals surface area contributed by atoms with Crippen molar-refractivity contribution >= 4 is 0 Å². The van der Waals surface area contributed by atoms with Crippen LogP contribution in [0.2, 0.25) is 0 Å². The van der Waals surface area contributed by atoms with E-state index in [0.717, 1.165) is 24.4 Å². The molecule has 2 N–H and O–H groups in total. The van der Waals surface area contributed by atoms with Crippen molar-refractivity contribution in [2.75, 3.05) is 27.2 Å². The van der Waals surface area contributed by atoms with Gasteiger partial charge in [0.2, 0.25) is 0 Å². The Hall–Kier alpha value is -1.50. The average molecular weight is 274 g/mol. The number of unbranched alkanes of at least 4 members (excludes halogenated alkanes) is 2. The van der Waals surface area contributed by atoms with Gasteiger partial charge in [-0.05, 0) is 43.8 Å². The van der Waals surface area contributed by atoms with Gasteiger partial charge in [-0.2, -0.15) is 0 Å². The second-order valence-corrected chi connectivity index (χ2v) is 4.97. The van der Waals surface area contributed by atoms with Gasteiger partial charge in [0.25, 0.3) is 0 Å². The summed E-state index contributed by atoms with van der Waals surface area (Å²) in [5.41, 5.74) is 7.69. The lowest BCUT2D eigenvalue weighted by atomic mass is 10.1. The molecule has 0 aromatic heterocycles. The molecule has 0 bridgehead atoms. The highest BCUT2D eigenvalue weighted by Crippen LogP contribution is 2.18. The van der Waals surface area contributed by atoms with Crippen LogP contribution in [0.5, 0.6) is 5.75 Å². The van der Waals surface area contributed by atoms with Crippen molar-refractivity contribution in [1.82, 2.24) is 4.90 Å². The van der Waals surface area contributed by atoms with E-state index in [9.17, 15) is 0 Å². The van der Waals surface area contributed by atoms with Gasteiger partial charge in [0.1, 0.15) is 5.75 Å². The van der Waals surface area contributed by atoms with Crippen LogP contribution in [-0.4, -0.2) is 32.1 Å². The Morgan fingerprint density at radius 2 is 2.10 bits per heavy atom. The van der Waals surface area contributed by atoms with Crippen molar-refractivity contribution in [3.63, 3.8) is 0 Å². The molecule has 0 amide bonds. The third-order valence-electron chi connectivity index (χ3n) is 3.22. The van der Waals surface area contributed by atoms with Gasteiger partial charge >= 0.3 is 0 Å². The number of nitrogens with two attached hydrogens (primary N) is 1. The predicted molar refractivity (Wildman–Crippen MR) is 84.8 cm³/mol. The van der Waals surface area contributed by atoms with Gasteiger partial charge in [0.15, 0.2) is 0 Å². The van der Waals surface area contributed by atoms with Crippen LogP contribution < -0.4 is 10.5 Å². The molecule has 0 aliphatic rings. The number of rotatable bonds is 7. The lowest BCUT2D eigenvalue weighted by Gasteiger charge is -2.18. The summed E-state index contributed by atoms with van der Waals surface area (Å²) in [6.45, 7) is 4.60. The first-order valence-electron chi connectivity index (χ1n) is 7.25. The maximum absolute atomic E-state index is 5.46. The standard InChI is InChI=1S/C17H26N2O/c1-4-5-6-12-19(2)14-16-13-17(20-3)10-9-15(16)8-7-11-18/h9-10,13H,4-6,11-12,14,18H2,1-3H3. The van der Waals surface area contributed by atoms with Gasteiger partial charge in [-0.1, -0.05) is 31.6 Å². The Bertz CT molecular complexity index is 460. The fourth-order valence-electron chi connectivity index (χ4n) is 2.10. The number of nitrogens with zero attached hydrogens (tertiary/aromatic N) is 1. The molecule has 1 rings (SSSR count). The van der Waals surface area contributed by atoms with Crippen molar-refractivity contribution in [3.05, 3.63) is 29.3 Å². The van der Waals surface area contributed by atoms with Crippen LogP contribution in [0.1, 0.15) is 37.3 Å². The minimum Gasteiger partial charge on any atom is -0.497 e.